The SMILES string of the molecule is Cc1cc(-c2ccc(CNc3ncc(C(F)(F)F)cc3C(=O)NCc3ccc(F)c(F)c3)cc2)cnc1N. The summed E-state index contributed by atoms with van der Waals surface area (Å²) in [6.07, 6.45) is -2.42. The van der Waals surface area contributed by atoms with E-state index in [1.807, 2.05) is 37.3 Å². The van der Waals surface area contributed by atoms with E-state index in [1.54, 1.807) is 6.20 Å². The van der Waals surface area contributed by atoms with Crippen molar-refractivity contribution in [1.82, 2.24) is 15.3 Å². The molecule has 0 bridgehead atoms. The molecule has 2 aromatic heterocycles. The number of nitrogens with zero attached hydrogens (tertiary/aromatic N) is 2. The number of halogens is 5. The zero-order valence-corrected chi connectivity index (χ0v) is 20.0. The average molecular weight is 527 g/mol. The van der Waals surface area contributed by atoms with E-state index in [4.69, 9.17) is 5.73 Å². The van der Waals surface area contributed by atoms with Crippen LogP contribution in [0.15, 0.2) is 67.0 Å². The van der Waals surface area contributed by atoms with Gasteiger partial charge >= 0.3 is 6.18 Å². The van der Waals surface area contributed by atoms with Crippen molar-refractivity contribution >= 4 is 17.5 Å². The number of rotatable bonds is 7. The van der Waals surface area contributed by atoms with Crippen molar-refractivity contribution < 1.29 is 26.7 Å². The molecule has 0 aliphatic rings. The van der Waals surface area contributed by atoms with Crippen LogP contribution in [-0.2, 0) is 19.3 Å². The van der Waals surface area contributed by atoms with Gasteiger partial charge in [-0.2, -0.15) is 13.2 Å². The third-order valence-electron chi connectivity index (χ3n) is 5.76. The molecule has 1 amide bonds. The summed E-state index contributed by atoms with van der Waals surface area (Å²) in [5, 5.41) is 5.32. The lowest BCUT2D eigenvalue weighted by molar-refractivity contribution is -0.137. The zero-order chi connectivity index (χ0) is 27.4. The Bertz CT molecular complexity index is 1470. The van der Waals surface area contributed by atoms with E-state index < -0.39 is 29.3 Å². The molecule has 4 aromatic rings. The molecule has 196 valence electrons. The van der Waals surface area contributed by atoms with Crippen LogP contribution in [0.2, 0.25) is 0 Å². The van der Waals surface area contributed by atoms with Gasteiger partial charge in [0.1, 0.15) is 11.6 Å². The summed E-state index contributed by atoms with van der Waals surface area (Å²) in [4.78, 5) is 20.8. The van der Waals surface area contributed by atoms with Crippen molar-refractivity contribution in [2.24, 2.45) is 0 Å². The highest BCUT2D eigenvalue weighted by Crippen LogP contribution is 2.31. The molecule has 0 spiro atoms. The molecule has 0 unspecified atom stereocenters. The van der Waals surface area contributed by atoms with E-state index in [1.165, 1.54) is 6.07 Å². The Morgan fingerprint density at radius 1 is 0.868 bits per heavy atom. The van der Waals surface area contributed by atoms with Crippen LogP contribution in [0.3, 0.4) is 0 Å². The van der Waals surface area contributed by atoms with Crippen molar-refractivity contribution in [3.05, 3.63) is 106 Å². The maximum absolute atomic E-state index is 13.5. The maximum Gasteiger partial charge on any atom is 0.417 e. The maximum atomic E-state index is 13.5. The van der Waals surface area contributed by atoms with Crippen molar-refractivity contribution in [1.29, 1.82) is 0 Å². The van der Waals surface area contributed by atoms with Crippen molar-refractivity contribution in [3.8, 4) is 11.1 Å². The van der Waals surface area contributed by atoms with Crippen molar-refractivity contribution in [2.45, 2.75) is 26.2 Å². The number of nitrogen functional groups attached to an aromatic ring is 1. The Morgan fingerprint density at radius 2 is 1.58 bits per heavy atom. The monoisotopic (exact) mass is 527 g/mol. The van der Waals surface area contributed by atoms with E-state index in [2.05, 4.69) is 20.6 Å². The predicted octanol–water partition coefficient (Wildman–Crippen LogP) is 5.87. The molecular weight excluding hydrogens is 505 g/mol. The molecule has 6 nitrogen and oxygen atoms in total. The number of nitrogens with one attached hydrogen (secondary N) is 2. The number of nitrogens with two attached hydrogens (primary N) is 1. The number of carbonyl (C=O) groups excluding carboxylic acids is 1. The second kappa shape index (κ2) is 10.8. The molecule has 0 fully saturated rings. The van der Waals surface area contributed by atoms with E-state index in [-0.39, 0.29) is 30.0 Å². The van der Waals surface area contributed by atoms with Crippen LogP contribution < -0.4 is 16.4 Å². The first-order valence-corrected chi connectivity index (χ1v) is 11.4. The molecular formula is C27H22F5N5O. The fraction of sp³-hybridized carbons (Fsp3) is 0.148. The lowest BCUT2D eigenvalue weighted by atomic mass is 10.0. The average Bonchev–Trinajstić information content (AvgIpc) is 2.89. The largest absolute Gasteiger partial charge is 0.417 e. The van der Waals surface area contributed by atoms with E-state index in [0.717, 1.165) is 34.4 Å². The number of anilines is 2. The van der Waals surface area contributed by atoms with Gasteiger partial charge in [-0.25, -0.2) is 18.7 Å². The molecule has 11 heteroatoms. The van der Waals surface area contributed by atoms with Crippen LogP contribution in [0.1, 0.15) is 32.6 Å². The summed E-state index contributed by atoms with van der Waals surface area (Å²) < 4.78 is 66.5. The van der Waals surface area contributed by atoms with E-state index in [9.17, 15) is 26.7 Å². The molecule has 0 saturated carbocycles. The van der Waals surface area contributed by atoms with Gasteiger partial charge in [-0.1, -0.05) is 30.3 Å². The number of pyridine rings is 2. The summed E-state index contributed by atoms with van der Waals surface area (Å²) in [7, 11) is 0. The highest BCUT2D eigenvalue weighted by Gasteiger charge is 2.32. The van der Waals surface area contributed by atoms with Crippen LogP contribution in [0.25, 0.3) is 11.1 Å². The predicted molar refractivity (Wildman–Crippen MR) is 133 cm³/mol. The Labute approximate surface area is 214 Å². The third kappa shape index (κ3) is 6.23. The topological polar surface area (TPSA) is 92.9 Å². The number of aromatic nitrogens is 2. The molecule has 0 radical (unpaired) electrons. The fourth-order valence-corrected chi connectivity index (χ4v) is 3.60. The Balaban J connectivity index is 1.50. The second-order valence-electron chi connectivity index (χ2n) is 8.53. The fourth-order valence-electron chi connectivity index (χ4n) is 3.60. The van der Waals surface area contributed by atoms with Crippen LogP contribution in [0.5, 0.6) is 0 Å². The number of hydrogen-bond acceptors (Lipinski definition) is 5. The molecule has 0 saturated heterocycles. The first kappa shape index (κ1) is 26.5. The second-order valence-corrected chi connectivity index (χ2v) is 8.53. The van der Waals surface area contributed by atoms with E-state index in [0.29, 0.717) is 18.1 Å². The molecule has 38 heavy (non-hydrogen) atoms. The molecule has 2 heterocycles. The number of benzene rings is 2. The minimum Gasteiger partial charge on any atom is -0.383 e. The van der Waals surface area contributed by atoms with Crippen molar-refractivity contribution in [3.63, 3.8) is 0 Å². The van der Waals surface area contributed by atoms with Gasteiger partial charge < -0.3 is 16.4 Å². The molecule has 4 rings (SSSR count). The summed E-state index contributed by atoms with van der Waals surface area (Å²) in [6.45, 7) is 1.79. The molecule has 4 N–H and O–H groups in total. The van der Waals surface area contributed by atoms with Gasteiger partial charge in [0.25, 0.3) is 5.91 Å². The minimum absolute atomic E-state index is 0.0665. The molecule has 2 aromatic carbocycles. The standard InChI is InChI=1S/C27H22F5N5O/c1-15-8-19(13-34-24(15)33)18-5-2-16(3-6-18)11-35-25-21(10-20(14-36-25)27(30,31)32)26(38)37-12-17-4-7-22(28)23(29)9-17/h2-10,13-14H,11-12H2,1H3,(H2,33,34)(H,35,36)(H,37,38). The highest BCUT2D eigenvalue weighted by atomic mass is 19.4. The normalized spacial score (nSPS) is 11.3. The lowest BCUT2D eigenvalue weighted by Gasteiger charge is -2.15. The van der Waals surface area contributed by atoms with Gasteiger partial charge in [-0.15, -0.1) is 0 Å². The summed E-state index contributed by atoms with van der Waals surface area (Å²) in [5.74, 6) is -2.64. The smallest absolute Gasteiger partial charge is 0.383 e. The molecule has 0 atom stereocenters. The molecule has 0 aliphatic carbocycles. The molecule has 0 aliphatic heterocycles. The van der Waals surface area contributed by atoms with Gasteiger partial charge in [-0.05, 0) is 53.4 Å². The summed E-state index contributed by atoms with van der Waals surface area (Å²) in [5.41, 5.74) is 7.96. The lowest BCUT2D eigenvalue weighted by Crippen LogP contribution is -2.25. The quantitative estimate of drug-likeness (QED) is 0.261. The van der Waals surface area contributed by atoms with E-state index >= 15 is 0 Å². The first-order chi connectivity index (χ1) is 18.0. The number of carbonyl (C=O) groups is 1. The van der Waals surface area contributed by atoms with Gasteiger partial charge in [0, 0.05) is 31.0 Å². The van der Waals surface area contributed by atoms with Crippen LogP contribution >= 0.6 is 0 Å². The highest BCUT2D eigenvalue weighted by molar-refractivity contribution is 5.98. The summed E-state index contributed by atoms with van der Waals surface area (Å²) >= 11 is 0. The zero-order valence-electron chi connectivity index (χ0n) is 20.0. The summed E-state index contributed by atoms with van der Waals surface area (Å²) in [6, 6.07) is 13.0. The minimum atomic E-state index is -4.72. The van der Waals surface area contributed by atoms with Crippen LogP contribution in [0, 0.1) is 18.6 Å². The Morgan fingerprint density at radius 3 is 2.24 bits per heavy atom. The number of aryl methyl sites for hydroxylation is 1. The van der Waals surface area contributed by atoms with Gasteiger partial charge in [-0.3, -0.25) is 4.79 Å². The van der Waals surface area contributed by atoms with Crippen LogP contribution in [-0.4, -0.2) is 15.9 Å². The number of alkyl halides is 3. The van der Waals surface area contributed by atoms with Crippen molar-refractivity contribution in [2.75, 3.05) is 11.1 Å². The first-order valence-electron chi connectivity index (χ1n) is 11.4. The van der Waals surface area contributed by atoms with Crippen LogP contribution in [0.4, 0.5) is 33.6 Å². The number of hydrogen-bond donors (Lipinski definition) is 3. The Kier molecular flexibility index (Phi) is 7.56. The Hall–Kier alpha value is -4.54. The van der Waals surface area contributed by atoms with Gasteiger partial charge in [0.15, 0.2) is 11.6 Å². The third-order valence-corrected chi connectivity index (χ3v) is 5.76. The van der Waals surface area contributed by atoms with Gasteiger partial charge in [0.2, 0.25) is 0 Å². The number of amides is 1. The van der Waals surface area contributed by atoms with Gasteiger partial charge in [0.05, 0.1) is 11.1 Å².